The summed E-state index contributed by atoms with van der Waals surface area (Å²) in [5.74, 6) is -2.08. The first-order chi connectivity index (χ1) is 9.66. The van der Waals surface area contributed by atoms with Crippen LogP contribution in [0.5, 0.6) is 5.75 Å². The second kappa shape index (κ2) is 4.57. The van der Waals surface area contributed by atoms with Gasteiger partial charge in [0.1, 0.15) is 11.6 Å². The molecule has 9 nitrogen and oxygen atoms in total. The zero-order valence-corrected chi connectivity index (χ0v) is 10.1. The number of halogens is 3. The van der Waals surface area contributed by atoms with E-state index >= 15 is 0 Å². The maximum atomic E-state index is 12.6. The summed E-state index contributed by atoms with van der Waals surface area (Å²) < 4.78 is 42.5. The van der Waals surface area contributed by atoms with E-state index in [1.165, 1.54) is 0 Å². The van der Waals surface area contributed by atoms with Crippen molar-refractivity contribution in [3.05, 3.63) is 32.1 Å². The van der Waals surface area contributed by atoms with Crippen LogP contribution in [0.15, 0.2) is 6.07 Å². The number of non-ortho nitro benzene ring substituents is 1. The summed E-state index contributed by atoms with van der Waals surface area (Å²) in [5.41, 5.74) is -3.00. The normalized spacial score (nSPS) is 11.6. The molecule has 1 aromatic carbocycles. The van der Waals surface area contributed by atoms with Crippen molar-refractivity contribution in [2.75, 3.05) is 7.11 Å². The number of aromatic nitrogens is 2. The molecule has 0 unspecified atom stereocenters. The van der Waals surface area contributed by atoms with E-state index in [2.05, 4.69) is 9.72 Å². The first-order valence-electron chi connectivity index (χ1n) is 5.13. The molecule has 0 aliphatic heterocycles. The Balaban J connectivity index is 2.93. The molecule has 0 bridgehead atoms. The highest BCUT2D eigenvalue weighted by Crippen LogP contribution is 2.41. The molecule has 112 valence electrons. The smallest absolute Gasteiger partial charge is 0.449 e. The SMILES string of the molecule is COc1c([N+](=O)[O-])cc([N+](=O)[O-])c2nc(C(F)(F)F)[nH]c12. The van der Waals surface area contributed by atoms with Crippen LogP contribution in [0.1, 0.15) is 5.82 Å². The van der Waals surface area contributed by atoms with Crippen molar-refractivity contribution in [2.24, 2.45) is 0 Å². The summed E-state index contributed by atoms with van der Waals surface area (Å²) in [6.07, 6.45) is -4.90. The molecule has 2 aromatic rings. The van der Waals surface area contributed by atoms with Gasteiger partial charge in [-0.3, -0.25) is 20.2 Å². The standard InChI is InChI=1S/C9H5F3N4O5/c1-21-7-4(16(19)20)2-3(15(17)18)5-6(7)14-8(13-5)9(10,11)12/h2H,1H3,(H,13,14). The van der Waals surface area contributed by atoms with E-state index in [1.807, 2.05) is 0 Å². The Kier molecular flexibility index (Phi) is 3.15. The average Bonchev–Trinajstić information content (AvgIpc) is 2.80. The Morgan fingerprint density at radius 3 is 2.24 bits per heavy atom. The fourth-order valence-electron chi connectivity index (χ4n) is 1.73. The van der Waals surface area contributed by atoms with Gasteiger partial charge in [-0.1, -0.05) is 0 Å². The average molecular weight is 306 g/mol. The van der Waals surface area contributed by atoms with Gasteiger partial charge in [0.2, 0.25) is 11.6 Å². The Hall–Kier alpha value is -2.92. The molecule has 1 aromatic heterocycles. The molecule has 0 spiro atoms. The molecule has 12 heteroatoms. The van der Waals surface area contributed by atoms with Crippen LogP contribution in [0.2, 0.25) is 0 Å². The summed E-state index contributed by atoms with van der Waals surface area (Å²) in [6.45, 7) is 0. The second-order valence-corrected chi connectivity index (χ2v) is 3.77. The van der Waals surface area contributed by atoms with E-state index in [0.717, 1.165) is 7.11 Å². The number of aromatic amines is 1. The van der Waals surface area contributed by atoms with Crippen LogP contribution in [0.25, 0.3) is 11.0 Å². The second-order valence-electron chi connectivity index (χ2n) is 3.77. The van der Waals surface area contributed by atoms with Crippen molar-refractivity contribution in [2.45, 2.75) is 6.18 Å². The predicted molar refractivity (Wildman–Crippen MR) is 61.0 cm³/mol. The molecule has 1 heterocycles. The minimum absolute atomic E-state index is 0.502. The van der Waals surface area contributed by atoms with Gasteiger partial charge in [0.05, 0.1) is 17.0 Å². The molecule has 0 saturated heterocycles. The van der Waals surface area contributed by atoms with Gasteiger partial charge in [-0.25, -0.2) is 4.98 Å². The number of rotatable bonds is 3. The number of nitro benzene ring substituents is 2. The predicted octanol–water partition coefficient (Wildman–Crippen LogP) is 2.41. The highest BCUT2D eigenvalue weighted by atomic mass is 19.4. The van der Waals surface area contributed by atoms with Crippen LogP contribution in [0.4, 0.5) is 24.5 Å². The van der Waals surface area contributed by atoms with Crippen molar-refractivity contribution < 1.29 is 27.8 Å². The largest absolute Gasteiger partial charge is 0.489 e. The van der Waals surface area contributed by atoms with Crippen LogP contribution in [-0.2, 0) is 6.18 Å². The Labute approximate surface area is 112 Å². The summed E-state index contributed by atoms with van der Waals surface area (Å²) in [4.78, 5) is 24.5. The lowest BCUT2D eigenvalue weighted by Crippen LogP contribution is -2.07. The number of hydrogen-bond donors (Lipinski definition) is 1. The number of nitrogens with zero attached hydrogens (tertiary/aromatic N) is 3. The first-order valence-corrected chi connectivity index (χ1v) is 5.13. The highest BCUT2D eigenvalue weighted by molar-refractivity contribution is 5.93. The van der Waals surface area contributed by atoms with Crippen molar-refractivity contribution in [1.82, 2.24) is 9.97 Å². The highest BCUT2D eigenvalue weighted by Gasteiger charge is 2.38. The van der Waals surface area contributed by atoms with E-state index in [1.54, 1.807) is 4.98 Å². The number of imidazole rings is 1. The number of methoxy groups -OCH3 is 1. The Morgan fingerprint density at radius 2 is 1.81 bits per heavy atom. The number of benzene rings is 1. The van der Waals surface area contributed by atoms with Gasteiger partial charge in [0, 0.05) is 0 Å². The molecule has 0 aliphatic carbocycles. The van der Waals surface area contributed by atoms with Gasteiger partial charge in [-0.05, 0) is 0 Å². The lowest BCUT2D eigenvalue weighted by Gasteiger charge is -2.03. The summed E-state index contributed by atoms with van der Waals surface area (Å²) >= 11 is 0. The third kappa shape index (κ3) is 2.30. The Morgan fingerprint density at radius 1 is 1.24 bits per heavy atom. The molecule has 21 heavy (non-hydrogen) atoms. The van der Waals surface area contributed by atoms with Crippen LogP contribution in [0, 0.1) is 20.2 Å². The monoisotopic (exact) mass is 306 g/mol. The van der Waals surface area contributed by atoms with Crippen LogP contribution < -0.4 is 4.74 Å². The number of nitrogens with one attached hydrogen (secondary N) is 1. The fourth-order valence-corrected chi connectivity index (χ4v) is 1.73. The number of H-pyrrole nitrogens is 1. The fraction of sp³-hybridized carbons (Fsp3) is 0.222. The quantitative estimate of drug-likeness (QED) is 0.685. The molecule has 0 aliphatic rings. The van der Waals surface area contributed by atoms with Crippen molar-refractivity contribution in [3.63, 3.8) is 0 Å². The van der Waals surface area contributed by atoms with E-state index in [4.69, 9.17) is 0 Å². The molecule has 0 saturated carbocycles. The number of ether oxygens (including phenoxy) is 1. The lowest BCUT2D eigenvalue weighted by atomic mass is 10.2. The van der Waals surface area contributed by atoms with Gasteiger partial charge >= 0.3 is 17.6 Å². The molecule has 0 atom stereocenters. The van der Waals surface area contributed by atoms with Gasteiger partial charge in [0.15, 0.2) is 5.52 Å². The third-order valence-electron chi connectivity index (χ3n) is 2.55. The van der Waals surface area contributed by atoms with Crippen molar-refractivity contribution in [3.8, 4) is 5.75 Å². The number of nitro groups is 2. The number of fused-ring (bicyclic) bond motifs is 1. The zero-order valence-electron chi connectivity index (χ0n) is 10.1. The molecule has 1 N–H and O–H groups in total. The van der Waals surface area contributed by atoms with Gasteiger partial charge < -0.3 is 9.72 Å². The molecule has 0 amide bonds. The Bertz CT molecular complexity index is 754. The topological polar surface area (TPSA) is 124 Å². The van der Waals surface area contributed by atoms with Gasteiger partial charge in [-0.15, -0.1) is 0 Å². The molecular weight excluding hydrogens is 301 g/mol. The number of alkyl halides is 3. The van der Waals surface area contributed by atoms with Gasteiger partial charge in [-0.2, -0.15) is 13.2 Å². The summed E-state index contributed by atoms with van der Waals surface area (Å²) in [6, 6.07) is 0.502. The summed E-state index contributed by atoms with van der Waals surface area (Å²) in [7, 11) is 0.988. The molecular formula is C9H5F3N4O5. The molecule has 0 radical (unpaired) electrons. The van der Waals surface area contributed by atoms with E-state index in [9.17, 15) is 33.4 Å². The minimum atomic E-state index is -4.90. The van der Waals surface area contributed by atoms with Crippen LogP contribution >= 0.6 is 0 Å². The minimum Gasteiger partial charge on any atom is -0.489 e. The zero-order chi connectivity index (χ0) is 15.9. The maximum Gasteiger partial charge on any atom is 0.449 e. The van der Waals surface area contributed by atoms with E-state index < -0.39 is 50.0 Å². The van der Waals surface area contributed by atoms with Crippen molar-refractivity contribution >= 4 is 22.4 Å². The van der Waals surface area contributed by atoms with Crippen molar-refractivity contribution in [1.29, 1.82) is 0 Å². The lowest BCUT2D eigenvalue weighted by molar-refractivity contribution is -0.393. The van der Waals surface area contributed by atoms with Crippen LogP contribution in [-0.4, -0.2) is 26.9 Å². The first kappa shape index (κ1) is 14.5. The number of hydrogen-bond acceptors (Lipinski definition) is 6. The maximum absolute atomic E-state index is 12.6. The van der Waals surface area contributed by atoms with E-state index in [0.29, 0.717) is 6.07 Å². The van der Waals surface area contributed by atoms with Gasteiger partial charge in [0.25, 0.3) is 0 Å². The third-order valence-corrected chi connectivity index (χ3v) is 2.55. The van der Waals surface area contributed by atoms with Crippen LogP contribution in [0.3, 0.4) is 0 Å². The summed E-state index contributed by atoms with van der Waals surface area (Å²) in [5, 5.41) is 21.7. The van der Waals surface area contributed by atoms with E-state index in [-0.39, 0.29) is 0 Å². The molecule has 2 rings (SSSR count). The molecule has 0 fully saturated rings.